The molecule has 3 nitrogen and oxygen atoms in total. The highest BCUT2D eigenvalue weighted by Gasteiger charge is 2.13. The zero-order valence-electron chi connectivity index (χ0n) is 7.86. The van der Waals surface area contributed by atoms with E-state index in [-0.39, 0.29) is 30.9 Å². The molecule has 0 aliphatic rings. The van der Waals surface area contributed by atoms with E-state index in [1.165, 1.54) is 0 Å². The molecule has 0 aliphatic heterocycles. The summed E-state index contributed by atoms with van der Waals surface area (Å²) < 4.78 is 5.10. The number of thiocarbonyl (C=S) groups is 1. The van der Waals surface area contributed by atoms with Gasteiger partial charge < -0.3 is 16.2 Å². The zero-order chi connectivity index (χ0) is 8.85. The van der Waals surface area contributed by atoms with Crippen molar-refractivity contribution in [1.29, 1.82) is 0 Å². The zero-order valence-corrected chi connectivity index (χ0v) is 10.3. The van der Waals surface area contributed by atoms with Gasteiger partial charge in [-0.25, -0.2) is 0 Å². The van der Waals surface area contributed by atoms with Gasteiger partial charge in [0.05, 0.1) is 6.04 Å². The molecule has 0 spiro atoms. The summed E-state index contributed by atoms with van der Waals surface area (Å²) in [5, 5.41) is 0.463. The lowest BCUT2D eigenvalue weighted by atomic mass is 10.1. The summed E-state index contributed by atoms with van der Waals surface area (Å²) in [4.78, 5) is 0. The fourth-order valence-corrected chi connectivity index (χ4v) is 0.883. The van der Waals surface area contributed by atoms with E-state index in [4.69, 9.17) is 28.4 Å². The van der Waals surface area contributed by atoms with Crippen LogP contribution in [0.2, 0.25) is 0 Å². The molecular weight excluding hydrogens is 231 g/mol. The molecule has 0 fully saturated rings. The lowest BCUT2D eigenvalue weighted by molar-refractivity contribution is 0.301. The van der Waals surface area contributed by atoms with Crippen LogP contribution < -0.4 is 11.5 Å². The van der Waals surface area contributed by atoms with Crippen molar-refractivity contribution in [2.45, 2.75) is 19.9 Å². The van der Waals surface area contributed by atoms with Gasteiger partial charge in [-0.1, -0.05) is 13.8 Å². The third kappa shape index (κ3) is 8.71. The Kier molecular flexibility index (Phi) is 15.3. The van der Waals surface area contributed by atoms with Crippen molar-refractivity contribution in [2.24, 2.45) is 17.4 Å². The largest absolute Gasteiger partial charge is 0.484 e. The van der Waals surface area contributed by atoms with Crippen LogP contribution in [0.4, 0.5) is 0 Å². The summed E-state index contributed by atoms with van der Waals surface area (Å²) in [6.07, 6.45) is 0. The van der Waals surface area contributed by atoms with Gasteiger partial charge in [0, 0.05) is 6.54 Å². The number of hydrogen-bond donors (Lipinski definition) is 2. The van der Waals surface area contributed by atoms with E-state index in [0.717, 1.165) is 0 Å². The van der Waals surface area contributed by atoms with Gasteiger partial charge in [-0.2, -0.15) is 0 Å². The predicted molar refractivity (Wildman–Crippen MR) is 64.9 cm³/mol. The van der Waals surface area contributed by atoms with Gasteiger partial charge in [-0.05, 0) is 18.1 Å². The Bertz CT molecular complexity index is 136. The summed E-state index contributed by atoms with van der Waals surface area (Å²) in [6, 6.07) is -0.156. The molecule has 0 saturated carbocycles. The minimum Gasteiger partial charge on any atom is -0.484 e. The van der Waals surface area contributed by atoms with Crippen LogP contribution in [0.15, 0.2) is 0 Å². The quantitative estimate of drug-likeness (QED) is 0.733. The van der Waals surface area contributed by atoms with Crippen molar-refractivity contribution < 1.29 is 4.74 Å². The molecule has 6 heteroatoms. The van der Waals surface area contributed by atoms with Crippen LogP contribution in [0.25, 0.3) is 0 Å². The molecule has 0 aliphatic carbocycles. The first-order valence-electron chi connectivity index (χ1n) is 3.72. The monoisotopic (exact) mass is 248 g/mol. The third-order valence-electron chi connectivity index (χ3n) is 1.35. The first kappa shape index (κ1) is 19.0. The fourth-order valence-electron chi connectivity index (χ4n) is 0.528. The van der Waals surface area contributed by atoms with Crippen LogP contribution in [-0.2, 0) is 4.74 Å². The van der Waals surface area contributed by atoms with Crippen molar-refractivity contribution >= 4 is 42.1 Å². The van der Waals surface area contributed by atoms with Gasteiger partial charge in [0.25, 0.3) is 0 Å². The highest BCUT2D eigenvalue weighted by atomic mass is 35.5. The Balaban J connectivity index is -0.000000500. The SMILES string of the molecule is CC(C)[C@H](N)C(=S)OCCN.Cl.Cl. The van der Waals surface area contributed by atoms with Crippen molar-refractivity contribution in [3.63, 3.8) is 0 Å². The molecule has 0 aromatic heterocycles. The highest BCUT2D eigenvalue weighted by Crippen LogP contribution is 2.01. The van der Waals surface area contributed by atoms with Crippen LogP contribution in [-0.4, -0.2) is 24.2 Å². The van der Waals surface area contributed by atoms with Crippen molar-refractivity contribution in [2.75, 3.05) is 13.2 Å². The molecule has 0 aromatic carbocycles. The normalized spacial score (nSPS) is 11.2. The second-order valence-electron chi connectivity index (χ2n) is 2.73. The smallest absolute Gasteiger partial charge is 0.176 e. The van der Waals surface area contributed by atoms with E-state index >= 15 is 0 Å². The number of hydrogen-bond acceptors (Lipinski definition) is 4. The highest BCUT2D eigenvalue weighted by molar-refractivity contribution is 7.80. The molecule has 0 saturated heterocycles. The predicted octanol–water partition coefficient (Wildman–Crippen LogP) is 1.12. The molecule has 0 heterocycles. The van der Waals surface area contributed by atoms with Gasteiger partial charge in [-0.15, -0.1) is 24.8 Å². The molecule has 0 unspecified atom stereocenters. The molecule has 1 atom stereocenters. The first-order valence-corrected chi connectivity index (χ1v) is 4.12. The Morgan fingerprint density at radius 3 is 2.15 bits per heavy atom. The van der Waals surface area contributed by atoms with E-state index in [1.807, 2.05) is 13.8 Å². The molecular formula is C7H18Cl2N2OS. The third-order valence-corrected chi connectivity index (χ3v) is 1.74. The Hall–Kier alpha value is 0.390. The van der Waals surface area contributed by atoms with Gasteiger partial charge in [-0.3, -0.25) is 0 Å². The lowest BCUT2D eigenvalue weighted by Gasteiger charge is -2.16. The van der Waals surface area contributed by atoms with Gasteiger partial charge in [0.1, 0.15) is 6.61 Å². The molecule has 82 valence electrons. The molecule has 0 bridgehead atoms. The molecule has 0 radical (unpaired) electrons. The average Bonchev–Trinajstić information content (AvgIpc) is 1.98. The minimum atomic E-state index is -0.156. The fraction of sp³-hybridized carbons (Fsp3) is 0.857. The van der Waals surface area contributed by atoms with Crippen molar-refractivity contribution in [1.82, 2.24) is 0 Å². The number of nitrogens with two attached hydrogens (primary N) is 2. The summed E-state index contributed by atoms with van der Waals surface area (Å²) >= 11 is 4.92. The van der Waals surface area contributed by atoms with Crippen LogP contribution in [0, 0.1) is 5.92 Å². The Morgan fingerprint density at radius 2 is 1.85 bits per heavy atom. The van der Waals surface area contributed by atoms with Crippen molar-refractivity contribution in [3.8, 4) is 0 Å². The average molecular weight is 249 g/mol. The van der Waals surface area contributed by atoms with Crippen LogP contribution in [0.5, 0.6) is 0 Å². The molecule has 0 aromatic rings. The summed E-state index contributed by atoms with van der Waals surface area (Å²) in [7, 11) is 0. The second-order valence-corrected chi connectivity index (χ2v) is 3.13. The van der Waals surface area contributed by atoms with E-state index in [9.17, 15) is 0 Å². The van der Waals surface area contributed by atoms with Gasteiger partial charge in [0.2, 0.25) is 0 Å². The van der Waals surface area contributed by atoms with E-state index < -0.39 is 0 Å². The lowest BCUT2D eigenvalue weighted by Crippen LogP contribution is -2.36. The van der Waals surface area contributed by atoms with Crippen LogP contribution in [0.1, 0.15) is 13.8 Å². The number of ether oxygens (including phenoxy) is 1. The van der Waals surface area contributed by atoms with E-state index in [0.29, 0.717) is 24.1 Å². The molecule has 13 heavy (non-hydrogen) atoms. The summed E-state index contributed by atoms with van der Waals surface area (Å²) in [6.45, 7) is 4.94. The van der Waals surface area contributed by atoms with Gasteiger partial charge >= 0.3 is 0 Å². The second kappa shape index (κ2) is 10.5. The minimum absolute atomic E-state index is 0. The maximum Gasteiger partial charge on any atom is 0.176 e. The maximum absolute atomic E-state index is 5.69. The summed E-state index contributed by atoms with van der Waals surface area (Å²) in [5.74, 6) is 0.320. The van der Waals surface area contributed by atoms with Crippen LogP contribution >= 0.6 is 37.0 Å². The molecule has 0 rings (SSSR count). The maximum atomic E-state index is 5.69. The first-order chi connectivity index (χ1) is 5.09. The van der Waals surface area contributed by atoms with Crippen LogP contribution in [0.3, 0.4) is 0 Å². The standard InChI is InChI=1S/C7H16N2OS.2ClH/c1-5(2)6(9)7(11)10-4-3-8;;/h5-6H,3-4,8-9H2,1-2H3;2*1H/t6-;;/m0../s1. The van der Waals surface area contributed by atoms with Gasteiger partial charge in [0.15, 0.2) is 5.05 Å². The number of rotatable bonds is 4. The molecule has 0 amide bonds. The van der Waals surface area contributed by atoms with E-state index in [1.54, 1.807) is 0 Å². The summed E-state index contributed by atoms with van der Waals surface area (Å²) in [5.41, 5.74) is 10.9. The number of halogens is 2. The Morgan fingerprint density at radius 1 is 1.38 bits per heavy atom. The topological polar surface area (TPSA) is 61.3 Å². The molecule has 4 N–H and O–H groups in total. The van der Waals surface area contributed by atoms with E-state index in [2.05, 4.69) is 0 Å². The van der Waals surface area contributed by atoms with Crippen molar-refractivity contribution in [3.05, 3.63) is 0 Å². The Labute approximate surface area is 97.4 Å².